The number of benzene rings is 2. The van der Waals surface area contributed by atoms with Crippen LogP contribution in [-0.4, -0.2) is 25.0 Å². The molecule has 0 radical (unpaired) electrons. The van der Waals surface area contributed by atoms with Crippen molar-refractivity contribution in [2.45, 2.75) is 33.1 Å². The molecule has 0 spiro atoms. The van der Waals surface area contributed by atoms with Gasteiger partial charge in [0.15, 0.2) is 0 Å². The Morgan fingerprint density at radius 2 is 1.77 bits per heavy atom. The molecule has 0 aliphatic rings. The van der Waals surface area contributed by atoms with Crippen LogP contribution in [0.5, 0.6) is 5.75 Å². The Kier molecular flexibility index (Phi) is 7.68. The van der Waals surface area contributed by atoms with E-state index in [4.69, 9.17) is 4.74 Å². The second-order valence-corrected chi connectivity index (χ2v) is 5.99. The van der Waals surface area contributed by atoms with Crippen LogP contribution in [0.15, 0.2) is 48.5 Å². The lowest BCUT2D eigenvalue weighted by Gasteiger charge is -2.12. The SMILES string of the molecule is CCCCNC(=O)c1cccc(NC(=O)c2ccccc2OCCC)c1. The van der Waals surface area contributed by atoms with Crippen LogP contribution in [0.3, 0.4) is 0 Å². The average Bonchev–Trinajstić information content (AvgIpc) is 2.67. The molecule has 0 unspecified atom stereocenters. The normalized spacial score (nSPS) is 10.2. The summed E-state index contributed by atoms with van der Waals surface area (Å²) >= 11 is 0. The number of nitrogens with one attached hydrogen (secondary N) is 2. The summed E-state index contributed by atoms with van der Waals surface area (Å²) in [4.78, 5) is 24.8. The van der Waals surface area contributed by atoms with Crippen molar-refractivity contribution >= 4 is 17.5 Å². The molecular formula is C21H26N2O3. The van der Waals surface area contributed by atoms with Crippen LogP contribution >= 0.6 is 0 Å². The Bertz CT molecular complexity index is 744. The zero-order valence-corrected chi connectivity index (χ0v) is 15.4. The Morgan fingerprint density at radius 1 is 0.962 bits per heavy atom. The van der Waals surface area contributed by atoms with E-state index in [1.165, 1.54) is 0 Å². The summed E-state index contributed by atoms with van der Waals surface area (Å²) in [6, 6.07) is 14.1. The van der Waals surface area contributed by atoms with Gasteiger partial charge in [-0.25, -0.2) is 0 Å². The predicted octanol–water partition coefficient (Wildman–Crippen LogP) is 4.26. The molecule has 2 rings (SSSR count). The number of carbonyl (C=O) groups is 2. The van der Waals surface area contributed by atoms with Crippen molar-refractivity contribution in [2.75, 3.05) is 18.5 Å². The molecule has 26 heavy (non-hydrogen) atoms. The van der Waals surface area contributed by atoms with Crippen LogP contribution < -0.4 is 15.4 Å². The largest absolute Gasteiger partial charge is 0.493 e. The third kappa shape index (κ3) is 5.62. The number of para-hydroxylation sites is 1. The molecule has 0 heterocycles. The second-order valence-electron chi connectivity index (χ2n) is 5.99. The van der Waals surface area contributed by atoms with E-state index in [2.05, 4.69) is 17.6 Å². The van der Waals surface area contributed by atoms with E-state index in [1.54, 1.807) is 42.5 Å². The van der Waals surface area contributed by atoms with Gasteiger partial charge < -0.3 is 15.4 Å². The smallest absolute Gasteiger partial charge is 0.259 e. The first-order valence-corrected chi connectivity index (χ1v) is 9.07. The molecule has 0 bridgehead atoms. The van der Waals surface area contributed by atoms with Crippen LogP contribution in [-0.2, 0) is 0 Å². The molecule has 0 saturated heterocycles. The molecule has 2 aromatic rings. The van der Waals surface area contributed by atoms with Gasteiger partial charge in [-0.15, -0.1) is 0 Å². The number of rotatable bonds is 9. The Hall–Kier alpha value is -2.82. The lowest BCUT2D eigenvalue weighted by molar-refractivity contribution is 0.0951. The third-order valence-electron chi connectivity index (χ3n) is 3.79. The summed E-state index contributed by atoms with van der Waals surface area (Å²) in [5, 5.41) is 5.71. The maximum absolute atomic E-state index is 12.6. The molecule has 0 aliphatic heterocycles. The van der Waals surface area contributed by atoms with Gasteiger partial charge in [-0.1, -0.05) is 38.5 Å². The van der Waals surface area contributed by atoms with Crippen molar-refractivity contribution in [2.24, 2.45) is 0 Å². The quantitative estimate of drug-likeness (QED) is 0.661. The van der Waals surface area contributed by atoms with Crippen molar-refractivity contribution in [3.05, 3.63) is 59.7 Å². The molecule has 0 fully saturated rings. The first-order valence-electron chi connectivity index (χ1n) is 9.07. The second kappa shape index (κ2) is 10.2. The Morgan fingerprint density at radius 3 is 2.54 bits per heavy atom. The highest BCUT2D eigenvalue weighted by molar-refractivity contribution is 6.06. The first-order chi connectivity index (χ1) is 12.7. The molecule has 5 nitrogen and oxygen atoms in total. The van der Waals surface area contributed by atoms with Gasteiger partial charge in [0, 0.05) is 17.8 Å². The topological polar surface area (TPSA) is 67.4 Å². The molecule has 5 heteroatoms. The Balaban J connectivity index is 2.08. The molecular weight excluding hydrogens is 328 g/mol. The molecule has 0 aliphatic carbocycles. The summed E-state index contributed by atoms with van der Waals surface area (Å²) in [5.41, 5.74) is 1.57. The number of hydrogen-bond acceptors (Lipinski definition) is 3. The van der Waals surface area contributed by atoms with Gasteiger partial charge in [-0.05, 0) is 43.2 Å². The van der Waals surface area contributed by atoms with Crippen molar-refractivity contribution in [1.29, 1.82) is 0 Å². The molecule has 0 saturated carbocycles. The molecule has 0 aromatic heterocycles. The monoisotopic (exact) mass is 354 g/mol. The summed E-state index contributed by atoms with van der Waals surface area (Å²) < 4.78 is 5.64. The third-order valence-corrected chi connectivity index (χ3v) is 3.79. The molecule has 0 atom stereocenters. The van der Waals surface area contributed by atoms with E-state index in [9.17, 15) is 9.59 Å². The van der Waals surface area contributed by atoms with Crippen molar-refractivity contribution < 1.29 is 14.3 Å². The standard InChI is InChI=1S/C21H26N2O3/c1-3-5-13-22-20(24)16-9-8-10-17(15-16)23-21(25)18-11-6-7-12-19(18)26-14-4-2/h6-12,15H,3-5,13-14H2,1-2H3,(H,22,24)(H,23,25). The van der Waals surface area contributed by atoms with E-state index in [1.807, 2.05) is 13.0 Å². The van der Waals surface area contributed by atoms with Gasteiger partial charge >= 0.3 is 0 Å². The minimum absolute atomic E-state index is 0.138. The van der Waals surface area contributed by atoms with Gasteiger partial charge in [-0.2, -0.15) is 0 Å². The molecule has 2 amide bonds. The maximum atomic E-state index is 12.6. The molecule has 2 N–H and O–H groups in total. The number of anilines is 1. The van der Waals surface area contributed by atoms with Crippen molar-refractivity contribution in [1.82, 2.24) is 5.32 Å². The highest BCUT2D eigenvalue weighted by Gasteiger charge is 2.13. The van der Waals surface area contributed by atoms with Crippen molar-refractivity contribution in [3.8, 4) is 5.75 Å². The summed E-state index contributed by atoms with van der Waals surface area (Å²) in [5.74, 6) is 0.154. The van der Waals surface area contributed by atoms with Crippen LogP contribution in [0.25, 0.3) is 0 Å². The minimum Gasteiger partial charge on any atom is -0.493 e. The van der Waals surface area contributed by atoms with Gasteiger partial charge in [0.05, 0.1) is 12.2 Å². The lowest BCUT2D eigenvalue weighted by atomic mass is 10.1. The highest BCUT2D eigenvalue weighted by atomic mass is 16.5. The van der Waals surface area contributed by atoms with E-state index in [-0.39, 0.29) is 11.8 Å². The first kappa shape index (κ1) is 19.5. The number of amides is 2. The number of ether oxygens (including phenoxy) is 1. The van der Waals surface area contributed by atoms with Gasteiger partial charge in [0.1, 0.15) is 5.75 Å². The van der Waals surface area contributed by atoms with Crippen LogP contribution in [0.4, 0.5) is 5.69 Å². The fraction of sp³-hybridized carbons (Fsp3) is 0.333. The molecule has 2 aromatic carbocycles. The van der Waals surface area contributed by atoms with Crippen molar-refractivity contribution in [3.63, 3.8) is 0 Å². The summed E-state index contributed by atoms with van der Waals surface area (Å²) in [6.07, 6.45) is 2.83. The summed E-state index contributed by atoms with van der Waals surface area (Å²) in [7, 11) is 0. The van der Waals surface area contributed by atoms with E-state index in [0.717, 1.165) is 19.3 Å². The fourth-order valence-electron chi connectivity index (χ4n) is 2.41. The minimum atomic E-state index is -0.264. The zero-order valence-electron chi connectivity index (χ0n) is 15.4. The summed E-state index contributed by atoms with van der Waals surface area (Å²) in [6.45, 7) is 5.29. The highest BCUT2D eigenvalue weighted by Crippen LogP contribution is 2.20. The van der Waals surface area contributed by atoms with Gasteiger partial charge in [0.25, 0.3) is 11.8 Å². The molecule has 138 valence electrons. The lowest BCUT2D eigenvalue weighted by Crippen LogP contribution is -2.24. The fourth-order valence-corrected chi connectivity index (χ4v) is 2.41. The maximum Gasteiger partial charge on any atom is 0.259 e. The van der Waals surface area contributed by atoms with Gasteiger partial charge in [-0.3, -0.25) is 9.59 Å². The number of hydrogen-bond donors (Lipinski definition) is 2. The van der Waals surface area contributed by atoms with Crippen LogP contribution in [0, 0.1) is 0 Å². The van der Waals surface area contributed by atoms with Gasteiger partial charge in [0.2, 0.25) is 0 Å². The van der Waals surface area contributed by atoms with Crippen LogP contribution in [0.1, 0.15) is 53.8 Å². The van der Waals surface area contributed by atoms with E-state index < -0.39 is 0 Å². The number of unbranched alkanes of at least 4 members (excludes halogenated alkanes) is 1. The number of carbonyl (C=O) groups excluding carboxylic acids is 2. The average molecular weight is 354 g/mol. The van der Waals surface area contributed by atoms with Crippen LogP contribution in [0.2, 0.25) is 0 Å². The zero-order chi connectivity index (χ0) is 18.8. The Labute approximate surface area is 154 Å². The predicted molar refractivity (Wildman–Crippen MR) is 104 cm³/mol. The van der Waals surface area contributed by atoms with E-state index in [0.29, 0.717) is 35.7 Å². The van der Waals surface area contributed by atoms with E-state index >= 15 is 0 Å².